The van der Waals surface area contributed by atoms with E-state index >= 15 is 0 Å². The Hall–Kier alpha value is -0.160. The van der Waals surface area contributed by atoms with Crippen LogP contribution < -0.4 is 22.5 Å². The van der Waals surface area contributed by atoms with Crippen LogP contribution in [0.3, 0.4) is 0 Å². The maximum absolute atomic E-state index is 5.29. The van der Waals surface area contributed by atoms with Gasteiger partial charge >= 0.3 is 0 Å². The molecule has 0 fully saturated rings. The Bertz CT molecular complexity index is 86.9. The Labute approximate surface area is 68.5 Å². The number of unbranched alkanes of at least 4 members (excludes halogenated alkanes) is 3. The van der Waals surface area contributed by atoms with Crippen LogP contribution in [-0.4, -0.2) is 12.5 Å². The van der Waals surface area contributed by atoms with Crippen LogP contribution in [0, 0.1) is 0 Å². The van der Waals surface area contributed by atoms with Gasteiger partial charge < -0.3 is 0 Å². The van der Waals surface area contributed by atoms with Gasteiger partial charge in [0.2, 0.25) is 0 Å². The van der Waals surface area contributed by atoms with Gasteiger partial charge in [-0.15, -0.1) is 0 Å². The number of hydrogen-bond donors (Lipinski definition) is 4. The van der Waals surface area contributed by atoms with Gasteiger partial charge in [0.25, 0.3) is 0 Å². The van der Waals surface area contributed by atoms with Crippen molar-refractivity contribution >= 4 is 0 Å². The van der Waals surface area contributed by atoms with Crippen LogP contribution in [0.1, 0.15) is 32.6 Å². The van der Waals surface area contributed by atoms with Gasteiger partial charge in [0, 0.05) is 0 Å². The Morgan fingerprint density at radius 3 is 2.18 bits per heavy atom. The highest BCUT2D eigenvalue weighted by atomic mass is 15.3. The molecule has 0 bridgehead atoms. The predicted octanol–water partition coefficient (Wildman–Crippen LogP) is -0.356. The molecule has 0 aromatic carbocycles. The van der Waals surface area contributed by atoms with Crippen molar-refractivity contribution in [2.24, 2.45) is 17.2 Å². The molecule has 0 radical (unpaired) electrons. The van der Waals surface area contributed by atoms with Crippen LogP contribution in [0.5, 0.6) is 0 Å². The zero-order valence-corrected chi connectivity index (χ0v) is 7.27. The first-order valence-corrected chi connectivity index (χ1v) is 4.18. The molecular weight excluding hydrogens is 140 g/mol. The summed E-state index contributed by atoms with van der Waals surface area (Å²) in [6, 6.07) is 0. The molecule has 11 heavy (non-hydrogen) atoms. The zero-order valence-electron chi connectivity index (χ0n) is 7.27. The molecule has 0 aromatic heterocycles. The molecule has 0 saturated carbocycles. The first-order valence-electron chi connectivity index (χ1n) is 4.18. The molecule has 0 aromatic rings. The average molecular weight is 160 g/mol. The monoisotopic (exact) mass is 160 g/mol. The molecule has 0 spiro atoms. The molecule has 0 amide bonds. The predicted molar refractivity (Wildman–Crippen MR) is 47.4 cm³/mol. The highest BCUT2D eigenvalue weighted by Gasteiger charge is 2.07. The van der Waals surface area contributed by atoms with E-state index in [-0.39, 0.29) is 0 Å². The second kappa shape index (κ2) is 5.49. The third-order valence-electron chi connectivity index (χ3n) is 1.46. The molecule has 4 nitrogen and oxygen atoms in total. The Balaban J connectivity index is 3.02. The fourth-order valence-electron chi connectivity index (χ4n) is 0.857. The molecule has 68 valence electrons. The summed E-state index contributed by atoms with van der Waals surface area (Å²) in [5, 5.41) is 2.81. The SMILES string of the molecule is CCCCCCNC(N)(N)N. The Morgan fingerprint density at radius 1 is 1.09 bits per heavy atom. The summed E-state index contributed by atoms with van der Waals surface area (Å²) in [6.07, 6.45) is 4.79. The smallest absolute Gasteiger partial charge is 0.173 e. The Morgan fingerprint density at radius 2 is 1.73 bits per heavy atom. The van der Waals surface area contributed by atoms with Crippen LogP contribution in [0.2, 0.25) is 0 Å². The molecule has 0 unspecified atom stereocenters. The fraction of sp³-hybridized carbons (Fsp3) is 1.00. The van der Waals surface area contributed by atoms with Crippen LogP contribution in [0.25, 0.3) is 0 Å². The number of rotatable bonds is 6. The maximum atomic E-state index is 5.29. The van der Waals surface area contributed by atoms with Gasteiger partial charge in [0.1, 0.15) is 0 Å². The summed E-state index contributed by atoms with van der Waals surface area (Å²) in [7, 11) is 0. The summed E-state index contributed by atoms with van der Waals surface area (Å²) in [4.78, 5) is 0. The van der Waals surface area contributed by atoms with Gasteiger partial charge in [-0.1, -0.05) is 26.2 Å². The summed E-state index contributed by atoms with van der Waals surface area (Å²) in [6.45, 7) is 2.97. The largest absolute Gasteiger partial charge is 0.288 e. The van der Waals surface area contributed by atoms with E-state index in [1.165, 1.54) is 19.3 Å². The van der Waals surface area contributed by atoms with E-state index in [9.17, 15) is 0 Å². The van der Waals surface area contributed by atoms with Crippen molar-refractivity contribution in [1.82, 2.24) is 5.32 Å². The fourth-order valence-corrected chi connectivity index (χ4v) is 0.857. The van der Waals surface area contributed by atoms with Gasteiger partial charge in [0.15, 0.2) is 5.91 Å². The van der Waals surface area contributed by atoms with E-state index < -0.39 is 5.91 Å². The van der Waals surface area contributed by atoms with Crippen molar-refractivity contribution in [1.29, 1.82) is 0 Å². The molecule has 0 rings (SSSR count). The third kappa shape index (κ3) is 9.84. The standard InChI is InChI=1S/C7H20N4/c1-2-3-4-5-6-11-7(8,9)10/h11H,2-6,8-10H2,1H3. The minimum absolute atomic E-state index is 0.795. The summed E-state index contributed by atoms with van der Waals surface area (Å²) < 4.78 is 0. The summed E-state index contributed by atoms with van der Waals surface area (Å²) in [5.74, 6) is -1.20. The van der Waals surface area contributed by atoms with Crippen LogP contribution >= 0.6 is 0 Å². The molecule has 0 aliphatic heterocycles. The van der Waals surface area contributed by atoms with Crippen molar-refractivity contribution in [3.63, 3.8) is 0 Å². The van der Waals surface area contributed by atoms with E-state index in [1.807, 2.05) is 0 Å². The van der Waals surface area contributed by atoms with Gasteiger partial charge in [-0.2, -0.15) is 0 Å². The molecule has 4 heteroatoms. The van der Waals surface area contributed by atoms with Crippen molar-refractivity contribution in [3.8, 4) is 0 Å². The van der Waals surface area contributed by atoms with Gasteiger partial charge in [-0.3, -0.25) is 22.5 Å². The van der Waals surface area contributed by atoms with Crippen molar-refractivity contribution < 1.29 is 0 Å². The lowest BCUT2D eigenvalue weighted by atomic mass is 10.2. The molecule has 7 N–H and O–H groups in total. The second-order valence-electron chi connectivity index (χ2n) is 2.92. The average Bonchev–Trinajstić information content (AvgIpc) is 1.85. The lowest BCUT2D eigenvalue weighted by Crippen LogP contribution is -2.68. The molecule has 0 aliphatic rings. The minimum atomic E-state index is -1.20. The third-order valence-corrected chi connectivity index (χ3v) is 1.46. The van der Waals surface area contributed by atoms with Crippen LogP contribution in [-0.2, 0) is 0 Å². The lowest BCUT2D eigenvalue weighted by Gasteiger charge is -2.19. The summed E-state index contributed by atoms with van der Waals surface area (Å²) in [5.41, 5.74) is 15.9. The molecule has 0 atom stereocenters. The highest BCUT2D eigenvalue weighted by molar-refractivity contribution is 4.63. The number of nitrogens with two attached hydrogens (primary N) is 3. The number of hydrogen-bond acceptors (Lipinski definition) is 4. The Kier molecular flexibility index (Phi) is 5.41. The van der Waals surface area contributed by atoms with Crippen molar-refractivity contribution in [2.45, 2.75) is 38.5 Å². The van der Waals surface area contributed by atoms with Crippen molar-refractivity contribution in [2.75, 3.05) is 6.54 Å². The summed E-state index contributed by atoms with van der Waals surface area (Å²) >= 11 is 0. The van der Waals surface area contributed by atoms with Crippen molar-refractivity contribution in [3.05, 3.63) is 0 Å². The van der Waals surface area contributed by atoms with E-state index in [0.717, 1.165) is 13.0 Å². The van der Waals surface area contributed by atoms with Crippen LogP contribution in [0.15, 0.2) is 0 Å². The van der Waals surface area contributed by atoms with E-state index in [1.54, 1.807) is 0 Å². The minimum Gasteiger partial charge on any atom is -0.288 e. The van der Waals surface area contributed by atoms with Gasteiger partial charge in [-0.25, -0.2) is 0 Å². The van der Waals surface area contributed by atoms with Gasteiger partial charge in [0.05, 0.1) is 0 Å². The van der Waals surface area contributed by atoms with E-state index in [4.69, 9.17) is 17.2 Å². The topological polar surface area (TPSA) is 90.1 Å². The lowest BCUT2D eigenvalue weighted by molar-refractivity contribution is 0.355. The van der Waals surface area contributed by atoms with Crippen LogP contribution in [0.4, 0.5) is 0 Å². The van der Waals surface area contributed by atoms with Gasteiger partial charge in [-0.05, 0) is 13.0 Å². The molecule has 0 aliphatic carbocycles. The molecular formula is C7H20N4. The van der Waals surface area contributed by atoms with E-state index in [2.05, 4.69) is 12.2 Å². The molecule has 0 heterocycles. The first-order chi connectivity index (χ1) is 5.06. The first kappa shape index (κ1) is 10.8. The normalized spacial score (nSPS) is 12.0. The highest BCUT2D eigenvalue weighted by Crippen LogP contribution is 1.96. The quantitative estimate of drug-likeness (QED) is 0.315. The maximum Gasteiger partial charge on any atom is 0.173 e. The second-order valence-corrected chi connectivity index (χ2v) is 2.92. The molecule has 0 saturated heterocycles. The van der Waals surface area contributed by atoms with E-state index in [0.29, 0.717) is 0 Å². The zero-order chi connectivity index (χ0) is 8.74. The number of nitrogens with one attached hydrogen (secondary N) is 1.